The first-order chi connectivity index (χ1) is 10.3. The third kappa shape index (κ3) is 7.63. The van der Waals surface area contributed by atoms with Gasteiger partial charge in [0.05, 0.1) is 14.2 Å². The van der Waals surface area contributed by atoms with Crippen molar-refractivity contribution >= 4 is 23.8 Å². The number of methoxy groups -OCH3 is 2. The molecule has 8 nitrogen and oxygen atoms in total. The molecule has 0 aromatic rings. The number of hydrogen-bond acceptors (Lipinski definition) is 6. The highest BCUT2D eigenvalue weighted by Crippen LogP contribution is 1.97. The lowest BCUT2D eigenvalue weighted by Gasteiger charge is -2.04. The quantitative estimate of drug-likeness (QED) is 0.403. The van der Waals surface area contributed by atoms with Gasteiger partial charge in [-0.05, 0) is 12.2 Å². The lowest BCUT2D eigenvalue weighted by Crippen LogP contribution is -2.25. The SMILES string of the molecule is COC(=O)C(=CC=C/C=C(\NC(C)=O)C(=O)OC)NC(C)=O. The van der Waals surface area contributed by atoms with Crippen molar-refractivity contribution in [2.75, 3.05) is 14.2 Å². The normalized spacial score (nSPS) is 11.8. The molecule has 120 valence electrons. The van der Waals surface area contributed by atoms with E-state index in [-0.39, 0.29) is 11.4 Å². The summed E-state index contributed by atoms with van der Waals surface area (Å²) in [6, 6.07) is 0. The Hall–Kier alpha value is -2.90. The van der Waals surface area contributed by atoms with E-state index in [1.165, 1.54) is 52.4 Å². The Morgan fingerprint density at radius 1 is 0.727 bits per heavy atom. The number of nitrogens with one attached hydrogen (secondary N) is 2. The number of ether oxygens (including phenoxy) is 2. The summed E-state index contributed by atoms with van der Waals surface area (Å²) in [7, 11) is 2.35. The molecule has 0 saturated heterocycles. The van der Waals surface area contributed by atoms with E-state index < -0.39 is 23.8 Å². The van der Waals surface area contributed by atoms with Gasteiger partial charge in [0.2, 0.25) is 11.8 Å². The van der Waals surface area contributed by atoms with Crippen LogP contribution in [0.1, 0.15) is 13.8 Å². The first-order valence-electron chi connectivity index (χ1n) is 6.12. The van der Waals surface area contributed by atoms with Crippen LogP contribution in [0, 0.1) is 0 Å². The van der Waals surface area contributed by atoms with E-state index >= 15 is 0 Å². The first-order valence-corrected chi connectivity index (χ1v) is 6.12. The zero-order chi connectivity index (χ0) is 17.1. The van der Waals surface area contributed by atoms with Gasteiger partial charge in [-0.25, -0.2) is 9.59 Å². The van der Waals surface area contributed by atoms with Crippen molar-refractivity contribution in [1.29, 1.82) is 0 Å². The summed E-state index contributed by atoms with van der Waals surface area (Å²) in [6.07, 6.45) is 5.33. The minimum absolute atomic E-state index is 0.0706. The van der Waals surface area contributed by atoms with E-state index in [0.717, 1.165) is 0 Å². The van der Waals surface area contributed by atoms with Crippen LogP contribution < -0.4 is 10.6 Å². The molecule has 0 fully saturated rings. The van der Waals surface area contributed by atoms with Crippen LogP contribution >= 0.6 is 0 Å². The monoisotopic (exact) mass is 310 g/mol. The van der Waals surface area contributed by atoms with Gasteiger partial charge in [0.1, 0.15) is 11.4 Å². The van der Waals surface area contributed by atoms with Gasteiger partial charge < -0.3 is 20.1 Å². The number of rotatable bonds is 6. The molecule has 2 amide bonds. The van der Waals surface area contributed by atoms with Crippen molar-refractivity contribution < 1.29 is 28.7 Å². The number of amides is 2. The first kappa shape index (κ1) is 19.1. The van der Waals surface area contributed by atoms with E-state index in [1.807, 2.05) is 0 Å². The van der Waals surface area contributed by atoms with E-state index in [1.54, 1.807) is 0 Å². The van der Waals surface area contributed by atoms with Crippen LogP contribution in [-0.4, -0.2) is 38.0 Å². The Morgan fingerprint density at radius 2 is 1.05 bits per heavy atom. The second-order valence-corrected chi connectivity index (χ2v) is 3.89. The molecule has 0 radical (unpaired) electrons. The molecule has 0 saturated carbocycles. The molecule has 2 N–H and O–H groups in total. The van der Waals surface area contributed by atoms with Crippen LogP contribution in [0.2, 0.25) is 0 Å². The van der Waals surface area contributed by atoms with Crippen molar-refractivity contribution in [3.63, 3.8) is 0 Å². The lowest BCUT2D eigenvalue weighted by molar-refractivity contribution is -0.138. The zero-order valence-corrected chi connectivity index (χ0v) is 12.8. The molecule has 0 unspecified atom stereocenters. The molecular weight excluding hydrogens is 292 g/mol. The maximum absolute atomic E-state index is 11.4. The zero-order valence-electron chi connectivity index (χ0n) is 12.8. The molecule has 0 aliphatic heterocycles. The minimum atomic E-state index is -0.723. The van der Waals surface area contributed by atoms with Gasteiger partial charge in [0.25, 0.3) is 0 Å². The molecule has 0 heterocycles. The van der Waals surface area contributed by atoms with Crippen LogP contribution in [0.5, 0.6) is 0 Å². The Balaban J connectivity index is 5.16. The highest BCUT2D eigenvalue weighted by Gasteiger charge is 2.10. The smallest absolute Gasteiger partial charge is 0.354 e. The van der Waals surface area contributed by atoms with Crippen LogP contribution in [0.4, 0.5) is 0 Å². The summed E-state index contributed by atoms with van der Waals surface area (Å²) in [5.74, 6) is -2.32. The van der Waals surface area contributed by atoms with Gasteiger partial charge in [-0.3, -0.25) is 9.59 Å². The third-order valence-electron chi connectivity index (χ3n) is 2.07. The van der Waals surface area contributed by atoms with Crippen molar-refractivity contribution in [1.82, 2.24) is 10.6 Å². The fourth-order valence-electron chi connectivity index (χ4n) is 1.22. The number of hydrogen-bond donors (Lipinski definition) is 2. The van der Waals surface area contributed by atoms with E-state index in [9.17, 15) is 19.2 Å². The van der Waals surface area contributed by atoms with Crippen LogP contribution in [0.15, 0.2) is 35.7 Å². The van der Waals surface area contributed by atoms with Crippen LogP contribution in [0.25, 0.3) is 0 Å². The Kier molecular flexibility index (Phi) is 8.61. The number of carbonyl (C=O) groups is 4. The minimum Gasteiger partial charge on any atom is -0.464 e. The predicted molar refractivity (Wildman–Crippen MR) is 77.0 cm³/mol. The molecule has 0 aromatic heterocycles. The predicted octanol–water partition coefficient (Wildman–Crippen LogP) is -0.0714. The molecule has 0 spiro atoms. The van der Waals surface area contributed by atoms with Crippen molar-refractivity contribution in [2.24, 2.45) is 0 Å². The molecule has 0 rings (SSSR count). The van der Waals surface area contributed by atoms with Gasteiger partial charge in [-0.2, -0.15) is 0 Å². The summed E-state index contributed by atoms with van der Waals surface area (Å²) >= 11 is 0. The van der Waals surface area contributed by atoms with Crippen LogP contribution in [-0.2, 0) is 28.7 Å². The summed E-state index contributed by atoms with van der Waals surface area (Å²) in [5.41, 5.74) is -0.141. The van der Waals surface area contributed by atoms with Gasteiger partial charge in [0, 0.05) is 13.8 Å². The number of allylic oxidation sites excluding steroid dienone is 4. The largest absolute Gasteiger partial charge is 0.464 e. The summed E-state index contributed by atoms with van der Waals surface area (Å²) in [5, 5.41) is 4.60. The third-order valence-corrected chi connectivity index (χ3v) is 2.07. The maximum Gasteiger partial charge on any atom is 0.354 e. The molecule has 0 atom stereocenters. The van der Waals surface area contributed by atoms with E-state index in [4.69, 9.17) is 0 Å². The average molecular weight is 310 g/mol. The highest BCUT2D eigenvalue weighted by molar-refractivity contribution is 5.94. The van der Waals surface area contributed by atoms with Crippen molar-refractivity contribution in [2.45, 2.75) is 13.8 Å². The van der Waals surface area contributed by atoms with E-state index in [2.05, 4.69) is 20.1 Å². The topological polar surface area (TPSA) is 111 Å². The van der Waals surface area contributed by atoms with Crippen molar-refractivity contribution in [3.8, 4) is 0 Å². The second-order valence-electron chi connectivity index (χ2n) is 3.89. The molecular formula is C14H18N2O6. The molecule has 0 aliphatic rings. The van der Waals surface area contributed by atoms with Gasteiger partial charge in [-0.15, -0.1) is 0 Å². The molecule has 0 aliphatic carbocycles. The molecule has 8 heteroatoms. The standard InChI is InChI=1S/C14H18N2O6/c1-9(17)15-11(13(19)21-3)7-5-6-8-12(14(20)22-4)16-10(2)18/h5-8H,1-4H3,(H,15,17)(H,16,18)/b6-5?,11-7-,12-8?. The highest BCUT2D eigenvalue weighted by atomic mass is 16.5. The molecule has 22 heavy (non-hydrogen) atoms. The number of carbonyl (C=O) groups excluding carboxylic acids is 4. The van der Waals surface area contributed by atoms with Gasteiger partial charge in [-0.1, -0.05) is 12.2 Å². The fraction of sp³-hybridized carbons (Fsp3) is 0.286. The molecule has 0 aromatic carbocycles. The number of esters is 2. The maximum atomic E-state index is 11.4. The molecule has 0 bridgehead atoms. The fourth-order valence-corrected chi connectivity index (χ4v) is 1.22. The Bertz CT molecular complexity index is 498. The Labute approximate surface area is 127 Å². The van der Waals surface area contributed by atoms with Gasteiger partial charge in [0.15, 0.2) is 0 Å². The van der Waals surface area contributed by atoms with Gasteiger partial charge >= 0.3 is 11.9 Å². The second kappa shape index (κ2) is 9.92. The summed E-state index contributed by atoms with van der Waals surface area (Å²) in [6.45, 7) is 2.49. The Morgan fingerprint density at radius 3 is 1.27 bits per heavy atom. The van der Waals surface area contributed by atoms with E-state index in [0.29, 0.717) is 0 Å². The lowest BCUT2D eigenvalue weighted by atomic mass is 10.3. The summed E-state index contributed by atoms with van der Waals surface area (Å²) in [4.78, 5) is 44.7. The summed E-state index contributed by atoms with van der Waals surface area (Å²) < 4.78 is 8.99. The average Bonchev–Trinajstić information content (AvgIpc) is 2.46. The van der Waals surface area contributed by atoms with Crippen LogP contribution in [0.3, 0.4) is 0 Å². The van der Waals surface area contributed by atoms with Crippen molar-refractivity contribution in [3.05, 3.63) is 35.7 Å².